The van der Waals surface area contributed by atoms with E-state index in [9.17, 15) is 14.9 Å². The van der Waals surface area contributed by atoms with E-state index in [1.807, 2.05) is 0 Å². The molecule has 0 fully saturated rings. The molecule has 0 saturated carbocycles. The number of hydrogen-bond donors (Lipinski definition) is 2. The highest BCUT2D eigenvalue weighted by Gasteiger charge is 2.14. The van der Waals surface area contributed by atoms with Gasteiger partial charge in [-0.25, -0.2) is 4.79 Å². The van der Waals surface area contributed by atoms with Crippen molar-refractivity contribution in [2.75, 3.05) is 5.32 Å². The Kier molecular flexibility index (Phi) is 4.12. The summed E-state index contributed by atoms with van der Waals surface area (Å²) >= 11 is 0. The minimum atomic E-state index is -0.500. The fourth-order valence-corrected chi connectivity index (χ4v) is 1.78. The van der Waals surface area contributed by atoms with Gasteiger partial charge in [0.15, 0.2) is 5.82 Å². The minimum absolute atomic E-state index is 0.0339. The molecule has 1 aromatic heterocycles. The van der Waals surface area contributed by atoms with Crippen LogP contribution in [0.4, 0.5) is 16.2 Å². The molecule has 1 heterocycles. The number of aromatic nitrogens is 3. The molecule has 0 saturated heterocycles. The molecule has 1 atom stereocenters. The molecule has 21 heavy (non-hydrogen) atoms. The summed E-state index contributed by atoms with van der Waals surface area (Å²) in [7, 11) is 1.78. The average molecular weight is 290 g/mol. The fraction of sp³-hybridized carbons (Fsp3) is 0.250. The van der Waals surface area contributed by atoms with Crippen LogP contribution in [0.15, 0.2) is 30.6 Å². The molecule has 0 aliphatic rings. The highest BCUT2D eigenvalue weighted by molar-refractivity contribution is 5.89. The third-order valence-electron chi connectivity index (χ3n) is 2.82. The lowest BCUT2D eigenvalue weighted by Gasteiger charge is -2.13. The second-order valence-electron chi connectivity index (χ2n) is 4.42. The Labute approximate surface area is 120 Å². The zero-order chi connectivity index (χ0) is 15.4. The summed E-state index contributed by atoms with van der Waals surface area (Å²) in [6.07, 6.45) is 1.54. The molecule has 9 heteroatoms. The van der Waals surface area contributed by atoms with Crippen LogP contribution in [0, 0.1) is 10.1 Å². The number of carbonyl (C=O) groups excluding carboxylic acids is 1. The number of non-ortho nitro benzene ring substituents is 1. The lowest BCUT2D eigenvalue weighted by molar-refractivity contribution is -0.384. The molecule has 2 aromatic rings. The summed E-state index contributed by atoms with van der Waals surface area (Å²) in [5, 5.41) is 23.5. The van der Waals surface area contributed by atoms with Crippen LogP contribution in [0.5, 0.6) is 0 Å². The van der Waals surface area contributed by atoms with Crippen LogP contribution >= 0.6 is 0 Å². The number of nitrogens with zero attached hydrogens (tertiary/aromatic N) is 4. The highest BCUT2D eigenvalue weighted by atomic mass is 16.6. The van der Waals surface area contributed by atoms with Crippen LogP contribution in [0.1, 0.15) is 18.8 Å². The van der Waals surface area contributed by atoms with Crippen molar-refractivity contribution in [3.8, 4) is 0 Å². The zero-order valence-electron chi connectivity index (χ0n) is 11.5. The Morgan fingerprint density at radius 1 is 1.38 bits per heavy atom. The van der Waals surface area contributed by atoms with E-state index in [0.717, 1.165) is 0 Å². The van der Waals surface area contributed by atoms with Crippen molar-refractivity contribution < 1.29 is 9.72 Å². The molecule has 2 rings (SSSR count). The fourth-order valence-electron chi connectivity index (χ4n) is 1.78. The van der Waals surface area contributed by atoms with Gasteiger partial charge in [0.2, 0.25) is 0 Å². The first kappa shape index (κ1) is 14.4. The summed E-state index contributed by atoms with van der Waals surface area (Å²) < 4.78 is 1.71. The quantitative estimate of drug-likeness (QED) is 0.655. The maximum atomic E-state index is 11.8. The Balaban J connectivity index is 1.95. The number of nitrogens with one attached hydrogen (secondary N) is 2. The summed E-state index contributed by atoms with van der Waals surface area (Å²) in [5.41, 5.74) is 0.427. The van der Waals surface area contributed by atoms with Crippen molar-refractivity contribution in [3.63, 3.8) is 0 Å². The van der Waals surface area contributed by atoms with E-state index in [-0.39, 0.29) is 11.7 Å². The van der Waals surface area contributed by atoms with Gasteiger partial charge in [0.1, 0.15) is 6.33 Å². The molecule has 2 amide bonds. The van der Waals surface area contributed by atoms with Crippen molar-refractivity contribution in [3.05, 3.63) is 46.5 Å². The number of carbonyl (C=O) groups is 1. The normalized spacial score (nSPS) is 11.7. The Bertz CT molecular complexity index is 651. The summed E-state index contributed by atoms with van der Waals surface area (Å²) in [4.78, 5) is 21.9. The molecular formula is C12H14N6O3. The molecule has 0 unspecified atom stereocenters. The summed E-state index contributed by atoms with van der Waals surface area (Å²) in [6.45, 7) is 1.78. The molecule has 0 bridgehead atoms. The molecule has 0 aliphatic heterocycles. The smallest absolute Gasteiger partial charge is 0.319 e. The van der Waals surface area contributed by atoms with E-state index in [1.165, 1.54) is 24.3 Å². The molecule has 0 aliphatic carbocycles. The SMILES string of the molecule is C[C@H](NC(=O)Nc1ccc([N+](=O)[O-])cc1)c1nncn1C. The number of hydrogen-bond acceptors (Lipinski definition) is 5. The van der Waals surface area contributed by atoms with Gasteiger partial charge in [0.25, 0.3) is 5.69 Å². The van der Waals surface area contributed by atoms with Crippen molar-refractivity contribution in [1.82, 2.24) is 20.1 Å². The monoisotopic (exact) mass is 290 g/mol. The van der Waals surface area contributed by atoms with Crippen LogP contribution in [-0.2, 0) is 7.05 Å². The average Bonchev–Trinajstić information content (AvgIpc) is 2.85. The second kappa shape index (κ2) is 5.99. The van der Waals surface area contributed by atoms with Crippen molar-refractivity contribution in [1.29, 1.82) is 0 Å². The maximum Gasteiger partial charge on any atom is 0.319 e. The highest BCUT2D eigenvalue weighted by Crippen LogP contribution is 2.15. The van der Waals surface area contributed by atoms with Crippen LogP contribution < -0.4 is 10.6 Å². The van der Waals surface area contributed by atoms with Gasteiger partial charge >= 0.3 is 6.03 Å². The lowest BCUT2D eigenvalue weighted by Crippen LogP contribution is -2.32. The number of benzene rings is 1. The van der Waals surface area contributed by atoms with Gasteiger partial charge in [0.05, 0.1) is 11.0 Å². The largest absolute Gasteiger partial charge is 0.328 e. The predicted octanol–water partition coefficient (Wildman–Crippen LogP) is 1.61. The number of nitro benzene ring substituents is 1. The first-order valence-corrected chi connectivity index (χ1v) is 6.13. The van der Waals surface area contributed by atoms with Crippen molar-refractivity contribution in [2.45, 2.75) is 13.0 Å². The maximum absolute atomic E-state index is 11.8. The van der Waals surface area contributed by atoms with E-state index < -0.39 is 11.0 Å². The lowest BCUT2D eigenvalue weighted by atomic mass is 10.3. The third-order valence-corrected chi connectivity index (χ3v) is 2.82. The van der Waals surface area contributed by atoms with Gasteiger partial charge in [0, 0.05) is 24.9 Å². The van der Waals surface area contributed by atoms with Crippen molar-refractivity contribution in [2.24, 2.45) is 7.05 Å². The Hall–Kier alpha value is -2.97. The molecule has 9 nitrogen and oxygen atoms in total. The zero-order valence-corrected chi connectivity index (χ0v) is 11.5. The van der Waals surface area contributed by atoms with E-state index in [2.05, 4.69) is 20.8 Å². The Morgan fingerprint density at radius 3 is 2.57 bits per heavy atom. The summed E-state index contributed by atoms with van der Waals surface area (Å²) in [6, 6.07) is 4.81. The molecule has 0 radical (unpaired) electrons. The molecule has 2 N–H and O–H groups in total. The topological polar surface area (TPSA) is 115 Å². The Morgan fingerprint density at radius 2 is 2.05 bits per heavy atom. The number of nitro groups is 1. The standard InChI is InChI=1S/C12H14N6O3/c1-8(11-16-13-7-17(11)2)14-12(19)15-9-3-5-10(6-4-9)18(20)21/h3-8H,1-2H3,(H2,14,15,19)/t8-/m0/s1. The van der Waals surface area contributed by atoms with Crippen LogP contribution in [0.25, 0.3) is 0 Å². The first-order chi connectivity index (χ1) is 9.97. The van der Waals surface area contributed by atoms with Gasteiger partial charge in [-0.3, -0.25) is 10.1 Å². The number of rotatable bonds is 4. The number of urea groups is 1. The minimum Gasteiger partial charge on any atom is -0.328 e. The van der Waals surface area contributed by atoms with Crippen molar-refractivity contribution >= 4 is 17.4 Å². The molecule has 110 valence electrons. The van der Waals surface area contributed by atoms with E-state index in [4.69, 9.17) is 0 Å². The van der Waals surface area contributed by atoms with Gasteiger partial charge in [-0.05, 0) is 19.1 Å². The van der Waals surface area contributed by atoms with E-state index in [1.54, 1.807) is 24.9 Å². The van der Waals surface area contributed by atoms with Crippen LogP contribution in [0.3, 0.4) is 0 Å². The van der Waals surface area contributed by atoms with Gasteiger partial charge in [-0.2, -0.15) is 0 Å². The third kappa shape index (κ3) is 3.53. The van der Waals surface area contributed by atoms with Crippen LogP contribution in [-0.4, -0.2) is 25.7 Å². The second-order valence-corrected chi connectivity index (χ2v) is 4.42. The van der Waals surface area contributed by atoms with Crippen LogP contribution in [0.2, 0.25) is 0 Å². The van der Waals surface area contributed by atoms with E-state index >= 15 is 0 Å². The van der Waals surface area contributed by atoms with Gasteiger partial charge < -0.3 is 15.2 Å². The predicted molar refractivity (Wildman–Crippen MR) is 74.7 cm³/mol. The number of aryl methyl sites for hydroxylation is 1. The number of amides is 2. The van der Waals surface area contributed by atoms with Gasteiger partial charge in [-0.1, -0.05) is 0 Å². The summed E-state index contributed by atoms with van der Waals surface area (Å²) in [5.74, 6) is 0.619. The molecular weight excluding hydrogens is 276 g/mol. The first-order valence-electron chi connectivity index (χ1n) is 6.13. The van der Waals surface area contributed by atoms with Gasteiger partial charge in [-0.15, -0.1) is 10.2 Å². The molecule has 0 spiro atoms. The number of anilines is 1. The van der Waals surface area contributed by atoms with E-state index in [0.29, 0.717) is 11.5 Å². The molecule has 1 aromatic carbocycles.